The number of halogens is 2. The second-order valence-electron chi connectivity index (χ2n) is 10.3. The van der Waals surface area contributed by atoms with Gasteiger partial charge < -0.3 is 14.7 Å². The van der Waals surface area contributed by atoms with Crippen LogP contribution in [0.4, 0.5) is 14.9 Å². The lowest BCUT2D eigenvalue weighted by Gasteiger charge is -2.26. The Bertz CT molecular complexity index is 1760. The van der Waals surface area contributed by atoms with Crippen molar-refractivity contribution in [3.05, 3.63) is 95.2 Å². The SMILES string of the molecule is COC(=O)Nc1ccc(-c2cnn([C@@H](C[C@@H]3CCCCO3)c3ccc(-c4c(-n5cnnn5)ccc(Cl)c4F)c[n+]3[O-])c2)cc1. The highest BCUT2D eigenvalue weighted by Crippen LogP contribution is 2.34. The zero-order valence-corrected chi connectivity index (χ0v) is 24.4. The summed E-state index contributed by atoms with van der Waals surface area (Å²) in [5.41, 5.74) is 3.44. The summed E-state index contributed by atoms with van der Waals surface area (Å²) in [6, 6.07) is 13.1. The topological polar surface area (TPSA) is 136 Å². The molecule has 12 nitrogen and oxygen atoms in total. The van der Waals surface area contributed by atoms with E-state index in [4.69, 9.17) is 16.3 Å². The highest BCUT2D eigenvalue weighted by atomic mass is 35.5. The van der Waals surface area contributed by atoms with Crippen molar-refractivity contribution in [3.63, 3.8) is 0 Å². The minimum Gasteiger partial charge on any atom is -0.618 e. The van der Waals surface area contributed by atoms with Crippen molar-refractivity contribution in [1.29, 1.82) is 0 Å². The molecule has 0 bridgehead atoms. The Morgan fingerprint density at radius 2 is 2.00 bits per heavy atom. The van der Waals surface area contributed by atoms with Crippen LogP contribution in [0, 0.1) is 11.0 Å². The van der Waals surface area contributed by atoms with E-state index in [1.54, 1.807) is 41.2 Å². The van der Waals surface area contributed by atoms with Crippen LogP contribution in [0.3, 0.4) is 0 Å². The van der Waals surface area contributed by atoms with Gasteiger partial charge in [-0.25, -0.2) is 9.18 Å². The van der Waals surface area contributed by atoms with Crippen LogP contribution in [0.1, 0.15) is 37.4 Å². The Morgan fingerprint density at radius 1 is 1.18 bits per heavy atom. The molecule has 14 heteroatoms. The summed E-state index contributed by atoms with van der Waals surface area (Å²) < 4.78 is 29.9. The van der Waals surface area contributed by atoms with Gasteiger partial charge in [0.25, 0.3) is 0 Å². The van der Waals surface area contributed by atoms with E-state index >= 15 is 4.39 Å². The highest BCUT2D eigenvalue weighted by molar-refractivity contribution is 6.31. The summed E-state index contributed by atoms with van der Waals surface area (Å²) in [6.07, 6.45) is 9.08. The smallest absolute Gasteiger partial charge is 0.411 e. The fourth-order valence-corrected chi connectivity index (χ4v) is 5.51. The lowest BCUT2D eigenvalue weighted by atomic mass is 9.98. The number of hydrogen-bond donors (Lipinski definition) is 1. The van der Waals surface area contributed by atoms with Gasteiger partial charge in [-0.3, -0.25) is 10.00 Å². The van der Waals surface area contributed by atoms with Gasteiger partial charge in [-0.05, 0) is 65.6 Å². The number of amides is 1. The second kappa shape index (κ2) is 12.8. The minimum absolute atomic E-state index is 0.0541. The Hall–Kier alpha value is -4.88. The average molecular weight is 619 g/mol. The van der Waals surface area contributed by atoms with Crippen molar-refractivity contribution in [2.75, 3.05) is 19.0 Å². The number of hydrogen-bond acceptors (Lipinski definition) is 8. The van der Waals surface area contributed by atoms with Crippen molar-refractivity contribution in [2.24, 2.45) is 0 Å². The molecule has 3 aromatic heterocycles. The number of rotatable bonds is 8. The number of methoxy groups -OCH3 is 1. The van der Waals surface area contributed by atoms with E-state index < -0.39 is 18.0 Å². The standard InChI is InChI=1S/C30H28ClFN8O4/c1-43-30(41)35-22-8-5-19(6-9-22)21-15-34-38(16-21)27(14-23-4-2-3-13-44-23)25-11-7-20(17-40(25)42)28-26(39-18-33-36-37-39)12-10-24(31)29(28)32/h5-12,15-18,23,27H,2-4,13-14H2,1H3,(H,35,41)/t23-,27-/m0/s1. The molecule has 4 heterocycles. The number of carbonyl (C=O) groups is 1. The van der Waals surface area contributed by atoms with E-state index in [1.165, 1.54) is 30.4 Å². The number of tetrazole rings is 1. The maximum atomic E-state index is 15.4. The number of nitrogens with zero attached hydrogens (tertiary/aromatic N) is 7. The lowest BCUT2D eigenvalue weighted by Crippen LogP contribution is -2.37. The number of pyridine rings is 1. The predicted octanol–water partition coefficient (Wildman–Crippen LogP) is 5.35. The molecule has 1 saturated heterocycles. The van der Waals surface area contributed by atoms with Gasteiger partial charge in [0.05, 0.1) is 41.2 Å². The fraction of sp³-hybridized carbons (Fsp3) is 0.267. The first-order chi connectivity index (χ1) is 21.4. The first-order valence-corrected chi connectivity index (χ1v) is 14.3. The number of ether oxygens (including phenoxy) is 2. The van der Waals surface area contributed by atoms with Crippen molar-refractivity contribution in [1.82, 2.24) is 30.0 Å². The number of aromatic nitrogens is 7. The van der Waals surface area contributed by atoms with Crippen LogP contribution < -0.4 is 10.0 Å². The molecule has 44 heavy (non-hydrogen) atoms. The molecule has 6 rings (SSSR count). The second-order valence-corrected chi connectivity index (χ2v) is 10.7. The van der Waals surface area contributed by atoms with Gasteiger partial charge in [0, 0.05) is 36.5 Å². The molecule has 1 fully saturated rings. The molecule has 1 amide bonds. The molecule has 2 atom stereocenters. The minimum atomic E-state index is -0.691. The molecule has 0 spiro atoms. The maximum absolute atomic E-state index is 15.4. The number of benzene rings is 2. The third-order valence-electron chi connectivity index (χ3n) is 7.57. The van der Waals surface area contributed by atoms with E-state index in [0.717, 1.165) is 35.1 Å². The van der Waals surface area contributed by atoms with Crippen LogP contribution in [-0.2, 0) is 9.47 Å². The molecular weight excluding hydrogens is 591 g/mol. The van der Waals surface area contributed by atoms with Crippen molar-refractivity contribution >= 4 is 23.4 Å². The molecular formula is C30H28ClFN8O4. The Kier molecular flexibility index (Phi) is 8.48. The molecule has 0 radical (unpaired) electrons. The van der Waals surface area contributed by atoms with Crippen LogP contribution >= 0.6 is 11.6 Å². The van der Waals surface area contributed by atoms with E-state index in [0.29, 0.717) is 35.7 Å². The number of nitrogens with one attached hydrogen (secondary N) is 1. The molecule has 1 aliphatic heterocycles. The van der Waals surface area contributed by atoms with Crippen LogP contribution in [0.5, 0.6) is 0 Å². The Labute approximate surface area is 256 Å². The lowest BCUT2D eigenvalue weighted by molar-refractivity contribution is -0.615. The Morgan fingerprint density at radius 3 is 2.70 bits per heavy atom. The molecule has 226 valence electrons. The summed E-state index contributed by atoms with van der Waals surface area (Å²) in [6.45, 7) is 0.665. The summed E-state index contributed by atoms with van der Waals surface area (Å²) in [4.78, 5) is 11.5. The van der Waals surface area contributed by atoms with Gasteiger partial charge >= 0.3 is 6.09 Å². The van der Waals surface area contributed by atoms with E-state index in [9.17, 15) is 10.0 Å². The van der Waals surface area contributed by atoms with Crippen LogP contribution in [0.15, 0.2) is 73.4 Å². The quantitative estimate of drug-likeness (QED) is 0.182. The third kappa shape index (κ3) is 6.10. The maximum Gasteiger partial charge on any atom is 0.411 e. The fourth-order valence-electron chi connectivity index (χ4n) is 5.36. The van der Waals surface area contributed by atoms with Gasteiger partial charge in [0.1, 0.15) is 12.4 Å². The zero-order chi connectivity index (χ0) is 30.6. The van der Waals surface area contributed by atoms with Crippen molar-refractivity contribution in [3.8, 4) is 27.9 Å². The third-order valence-corrected chi connectivity index (χ3v) is 7.87. The molecule has 5 aromatic rings. The molecule has 2 aromatic carbocycles. The predicted molar refractivity (Wildman–Crippen MR) is 159 cm³/mol. The van der Waals surface area contributed by atoms with Crippen LogP contribution in [-0.4, -0.2) is 55.9 Å². The Balaban J connectivity index is 1.35. The molecule has 0 unspecified atom stereocenters. The molecule has 0 saturated carbocycles. The summed E-state index contributed by atoms with van der Waals surface area (Å²) in [5.74, 6) is -0.691. The van der Waals surface area contributed by atoms with Crippen molar-refractivity contribution in [2.45, 2.75) is 37.8 Å². The number of carbonyl (C=O) groups excluding carboxylic acids is 1. The summed E-state index contributed by atoms with van der Waals surface area (Å²) in [7, 11) is 1.30. The molecule has 1 aliphatic rings. The van der Waals surface area contributed by atoms with Gasteiger partial charge in [0.2, 0.25) is 5.69 Å². The van der Waals surface area contributed by atoms with Crippen molar-refractivity contribution < 1.29 is 23.4 Å². The van der Waals surface area contributed by atoms with Gasteiger partial charge in [-0.2, -0.15) is 14.5 Å². The zero-order valence-electron chi connectivity index (χ0n) is 23.6. The highest BCUT2D eigenvalue weighted by Gasteiger charge is 2.29. The average Bonchev–Trinajstić information content (AvgIpc) is 3.76. The molecule has 0 aliphatic carbocycles. The van der Waals surface area contributed by atoms with Crippen LogP contribution in [0.2, 0.25) is 5.02 Å². The largest absolute Gasteiger partial charge is 0.618 e. The van der Waals surface area contributed by atoms with E-state index in [1.807, 2.05) is 18.3 Å². The van der Waals surface area contributed by atoms with Gasteiger partial charge in [0.15, 0.2) is 12.0 Å². The summed E-state index contributed by atoms with van der Waals surface area (Å²) in [5, 5.41) is 32.0. The number of anilines is 1. The van der Waals surface area contributed by atoms with Crippen LogP contribution in [0.25, 0.3) is 27.9 Å². The normalized spacial score (nSPS) is 15.6. The van der Waals surface area contributed by atoms with E-state index in [2.05, 4.69) is 30.7 Å². The first-order valence-electron chi connectivity index (χ1n) is 14.0. The first kappa shape index (κ1) is 29.2. The monoisotopic (exact) mass is 618 g/mol. The van der Waals surface area contributed by atoms with E-state index in [-0.39, 0.29) is 16.7 Å². The van der Waals surface area contributed by atoms with Gasteiger partial charge in [-0.15, -0.1) is 5.10 Å². The van der Waals surface area contributed by atoms with Gasteiger partial charge in [-0.1, -0.05) is 23.7 Å². The summed E-state index contributed by atoms with van der Waals surface area (Å²) >= 11 is 6.13. The molecule has 1 N–H and O–H groups in total.